The summed E-state index contributed by atoms with van der Waals surface area (Å²) in [5.74, 6) is 1.35. The van der Waals surface area contributed by atoms with E-state index in [1.807, 2.05) is 65.2 Å². The lowest BCUT2D eigenvalue weighted by atomic mass is 9.89. The van der Waals surface area contributed by atoms with E-state index in [-0.39, 0.29) is 11.7 Å². The number of para-hydroxylation sites is 1. The van der Waals surface area contributed by atoms with Gasteiger partial charge in [-0.05, 0) is 42.9 Å². The molecule has 1 N–H and O–H groups in total. The molecule has 2 aromatic carbocycles. The first-order valence-corrected chi connectivity index (χ1v) is 13.0. The number of nitrogens with zero attached hydrogens (tertiary/aromatic N) is 4. The molecule has 2 aromatic heterocycles. The van der Waals surface area contributed by atoms with E-state index >= 15 is 0 Å². The van der Waals surface area contributed by atoms with Gasteiger partial charge < -0.3 is 5.32 Å². The minimum absolute atomic E-state index is 0.156. The first-order valence-electron chi connectivity index (χ1n) is 11.2. The molecular formula is C26H23N5OS2. The molecule has 0 radical (unpaired) electrons. The van der Waals surface area contributed by atoms with Crippen molar-refractivity contribution >= 4 is 34.0 Å². The quantitative estimate of drug-likeness (QED) is 0.353. The van der Waals surface area contributed by atoms with Gasteiger partial charge in [-0.15, -0.1) is 21.5 Å². The summed E-state index contributed by atoms with van der Waals surface area (Å²) in [6.07, 6.45) is 2.96. The molecule has 0 saturated carbocycles. The number of aromatic nitrogens is 3. The van der Waals surface area contributed by atoms with Crippen LogP contribution in [0.25, 0.3) is 17.1 Å². The minimum Gasteiger partial charge on any atom is -0.316 e. The zero-order chi connectivity index (χ0) is 23.5. The van der Waals surface area contributed by atoms with Crippen LogP contribution < -0.4 is 5.32 Å². The van der Waals surface area contributed by atoms with Crippen LogP contribution in [0.1, 0.15) is 29.3 Å². The van der Waals surface area contributed by atoms with Crippen LogP contribution in [0.3, 0.4) is 0 Å². The van der Waals surface area contributed by atoms with Crippen molar-refractivity contribution in [2.24, 2.45) is 5.92 Å². The van der Waals surface area contributed by atoms with Crippen LogP contribution >= 0.6 is 23.1 Å². The molecule has 8 heteroatoms. The second-order valence-electron chi connectivity index (χ2n) is 8.35. The standard InChI is InChI=1S/C26H23N5OS2/c1-17-12-13-20-21(15-27)25(34-22(20)14-17)28-23(32)16-33-26-30-29-24(18-8-4-2-5-9-18)31(26)19-10-6-3-7-11-19/h2-11,17H,12-14,16H2,1H3,(H,28,32). The number of thiophene rings is 1. The second-order valence-corrected chi connectivity index (χ2v) is 10.4. The number of carbonyl (C=O) groups is 1. The summed E-state index contributed by atoms with van der Waals surface area (Å²) in [5, 5.41) is 22.8. The lowest BCUT2D eigenvalue weighted by molar-refractivity contribution is -0.113. The molecule has 1 amide bonds. The Kier molecular flexibility index (Phi) is 6.48. The lowest BCUT2D eigenvalue weighted by Gasteiger charge is -2.17. The highest BCUT2D eigenvalue weighted by Crippen LogP contribution is 2.39. The van der Waals surface area contributed by atoms with Crippen molar-refractivity contribution < 1.29 is 4.79 Å². The van der Waals surface area contributed by atoms with Gasteiger partial charge in [0.25, 0.3) is 0 Å². The number of nitrogens with one attached hydrogen (secondary N) is 1. The Morgan fingerprint density at radius 3 is 2.65 bits per heavy atom. The number of hydrogen-bond donors (Lipinski definition) is 1. The predicted octanol–water partition coefficient (Wildman–Crippen LogP) is 5.72. The van der Waals surface area contributed by atoms with Gasteiger partial charge in [0.05, 0.1) is 11.3 Å². The minimum atomic E-state index is -0.156. The average molecular weight is 486 g/mol. The summed E-state index contributed by atoms with van der Waals surface area (Å²) in [7, 11) is 0. The Morgan fingerprint density at radius 1 is 1.18 bits per heavy atom. The Labute approximate surface area is 206 Å². The van der Waals surface area contributed by atoms with Crippen molar-refractivity contribution in [3.8, 4) is 23.1 Å². The molecule has 1 aliphatic carbocycles. The fourth-order valence-corrected chi connectivity index (χ4v) is 6.33. The van der Waals surface area contributed by atoms with Crippen molar-refractivity contribution in [1.82, 2.24) is 14.8 Å². The van der Waals surface area contributed by atoms with Crippen molar-refractivity contribution in [2.45, 2.75) is 31.3 Å². The number of rotatable bonds is 6. The zero-order valence-electron chi connectivity index (χ0n) is 18.7. The van der Waals surface area contributed by atoms with Crippen LogP contribution in [0.4, 0.5) is 5.00 Å². The largest absolute Gasteiger partial charge is 0.316 e. The lowest BCUT2D eigenvalue weighted by Crippen LogP contribution is -2.14. The van der Waals surface area contributed by atoms with Gasteiger partial charge in [-0.1, -0.05) is 67.2 Å². The van der Waals surface area contributed by atoms with Gasteiger partial charge in [-0.2, -0.15) is 5.26 Å². The molecule has 1 unspecified atom stereocenters. The van der Waals surface area contributed by atoms with E-state index in [0.717, 1.165) is 41.9 Å². The van der Waals surface area contributed by atoms with Gasteiger partial charge in [-0.25, -0.2) is 0 Å². The molecule has 0 saturated heterocycles. The number of thioether (sulfide) groups is 1. The predicted molar refractivity (Wildman–Crippen MR) is 136 cm³/mol. The number of benzene rings is 2. The molecule has 1 atom stereocenters. The van der Waals surface area contributed by atoms with Crippen LogP contribution in [0.5, 0.6) is 0 Å². The third kappa shape index (κ3) is 4.49. The first kappa shape index (κ1) is 22.4. The number of anilines is 1. The van der Waals surface area contributed by atoms with Crippen LogP contribution in [0.15, 0.2) is 65.8 Å². The molecule has 170 valence electrons. The molecule has 6 nitrogen and oxygen atoms in total. The third-order valence-electron chi connectivity index (χ3n) is 5.89. The Balaban J connectivity index is 1.37. The van der Waals surface area contributed by atoms with E-state index in [1.165, 1.54) is 16.6 Å². The summed E-state index contributed by atoms with van der Waals surface area (Å²) < 4.78 is 1.97. The fourth-order valence-electron chi connectivity index (χ4n) is 4.20. The highest BCUT2D eigenvalue weighted by atomic mass is 32.2. The molecule has 2 heterocycles. The smallest absolute Gasteiger partial charge is 0.235 e. The SMILES string of the molecule is CC1CCc2c(sc(NC(=O)CSc3nnc(-c4ccccc4)n3-c3ccccc3)c2C#N)C1. The van der Waals surface area contributed by atoms with E-state index in [9.17, 15) is 10.1 Å². The van der Waals surface area contributed by atoms with Crippen molar-refractivity contribution in [3.63, 3.8) is 0 Å². The van der Waals surface area contributed by atoms with Gasteiger partial charge in [0, 0.05) is 16.1 Å². The van der Waals surface area contributed by atoms with Crippen LogP contribution in [0, 0.1) is 17.2 Å². The van der Waals surface area contributed by atoms with E-state index in [1.54, 1.807) is 11.3 Å². The second kappa shape index (κ2) is 9.84. The van der Waals surface area contributed by atoms with Crippen LogP contribution in [0.2, 0.25) is 0 Å². The summed E-state index contributed by atoms with van der Waals surface area (Å²) >= 11 is 2.88. The number of fused-ring (bicyclic) bond motifs is 1. The monoisotopic (exact) mass is 485 g/mol. The third-order valence-corrected chi connectivity index (χ3v) is 7.99. The maximum atomic E-state index is 12.9. The Bertz CT molecular complexity index is 1360. The van der Waals surface area contributed by atoms with Crippen molar-refractivity contribution in [1.29, 1.82) is 5.26 Å². The maximum absolute atomic E-state index is 12.9. The highest BCUT2D eigenvalue weighted by molar-refractivity contribution is 7.99. The molecule has 0 spiro atoms. The maximum Gasteiger partial charge on any atom is 0.235 e. The Hall–Kier alpha value is -3.41. The van der Waals surface area contributed by atoms with E-state index in [0.29, 0.717) is 21.6 Å². The number of amides is 1. The normalized spacial score (nSPS) is 14.9. The van der Waals surface area contributed by atoms with E-state index < -0.39 is 0 Å². The summed E-state index contributed by atoms with van der Waals surface area (Å²) in [5.41, 5.74) is 3.63. The summed E-state index contributed by atoms with van der Waals surface area (Å²) in [4.78, 5) is 14.1. The summed E-state index contributed by atoms with van der Waals surface area (Å²) in [6.45, 7) is 2.23. The van der Waals surface area contributed by atoms with Gasteiger partial charge in [0.15, 0.2) is 11.0 Å². The highest BCUT2D eigenvalue weighted by Gasteiger charge is 2.25. The molecule has 4 aromatic rings. The molecular weight excluding hydrogens is 462 g/mol. The van der Waals surface area contributed by atoms with Gasteiger partial charge in [0.2, 0.25) is 5.91 Å². The van der Waals surface area contributed by atoms with Gasteiger partial charge in [0.1, 0.15) is 11.1 Å². The molecule has 0 aliphatic heterocycles. The summed E-state index contributed by atoms with van der Waals surface area (Å²) in [6, 6.07) is 22.1. The molecule has 0 bridgehead atoms. The molecule has 34 heavy (non-hydrogen) atoms. The van der Waals surface area contributed by atoms with Gasteiger partial charge >= 0.3 is 0 Å². The molecule has 0 fully saturated rings. The van der Waals surface area contributed by atoms with E-state index in [2.05, 4.69) is 28.5 Å². The number of carbonyl (C=O) groups excluding carboxylic acids is 1. The number of hydrogen-bond acceptors (Lipinski definition) is 6. The topological polar surface area (TPSA) is 83.6 Å². The van der Waals surface area contributed by atoms with Crippen molar-refractivity contribution in [3.05, 3.63) is 76.7 Å². The van der Waals surface area contributed by atoms with Crippen molar-refractivity contribution in [2.75, 3.05) is 11.1 Å². The van der Waals surface area contributed by atoms with Gasteiger partial charge in [-0.3, -0.25) is 9.36 Å². The van der Waals surface area contributed by atoms with E-state index in [4.69, 9.17) is 0 Å². The molecule has 1 aliphatic rings. The fraction of sp³-hybridized carbons (Fsp3) is 0.231. The zero-order valence-corrected chi connectivity index (χ0v) is 20.3. The first-order chi connectivity index (χ1) is 16.6. The number of nitriles is 1. The molecule has 5 rings (SSSR count). The average Bonchev–Trinajstić information content (AvgIpc) is 3.44. The van der Waals surface area contributed by atoms with Crippen LogP contribution in [-0.4, -0.2) is 26.4 Å². The van der Waals surface area contributed by atoms with Crippen LogP contribution in [-0.2, 0) is 17.6 Å². The Morgan fingerprint density at radius 2 is 1.91 bits per heavy atom.